The highest BCUT2D eigenvalue weighted by molar-refractivity contribution is 5.78. The van der Waals surface area contributed by atoms with Crippen LogP contribution in [-0.2, 0) is 4.79 Å². The Bertz CT molecular complexity index is 327. The average Bonchev–Trinajstić information content (AvgIpc) is 2.02. The topological polar surface area (TPSA) is 108 Å². The summed E-state index contributed by atoms with van der Waals surface area (Å²) in [6, 6.07) is 1.11. The number of primary amides is 1. The molecule has 0 bridgehead atoms. The Kier molecular flexibility index (Phi) is 2.53. The standard InChI is InChI=1S/C7H9N3O3/c8-6(13)3-10-7-5(12)1-4(11)2-9-7/h1-2,11-12H,3H2,(H2,8,13)(H,9,10). The van der Waals surface area contributed by atoms with Gasteiger partial charge in [0.25, 0.3) is 0 Å². The molecule has 1 aromatic rings. The predicted octanol–water partition coefficient (Wildman–Crippen LogP) is -0.610. The van der Waals surface area contributed by atoms with E-state index in [1.165, 1.54) is 0 Å². The van der Waals surface area contributed by atoms with Gasteiger partial charge in [0, 0.05) is 6.07 Å². The van der Waals surface area contributed by atoms with E-state index >= 15 is 0 Å². The van der Waals surface area contributed by atoms with Crippen LogP contribution in [0.3, 0.4) is 0 Å². The molecule has 1 amide bonds. The van der Waals surface area contributed by atoms with E-state index in [2.05, 4.69) is 10.3 Å². The summed E-state index contributed by atoms with van der Waals surface area (Å²) >= 11 is 0. The van der Waals surface area contributed by atoms with Gasteiger partial charge in [0.05, 0.1) is 12.7 Å². The molecule has 6 nitrogen and oxygen atoms in total. The van der Waals surface area contributed by atoms with Crippen LogP contribution in [0.4, 0.5) is 5.82 Å². The van der Waals surface area contributed by atoms with E-state index in [4.69, 9.17) is 15.9 Å². The molecule has 0 aliphatic heterocycles. The van der Waals surface area contributed by atoms with Crippen LogP contribution in [0, 0.1) is 0 Å². The highest BCUT2D eigenvalue weighted by Gasteiger charge is 2.03. The van der Waals surface area contributed by atoms with Gasteiger partial charge in [0.2, 0.25) is 5.91 Å². The second kappa shape index (κ2) is 3.61. The zero-order valence-corrected chi connectivity index (χ0v) is 6.69. The number of hydrogen-bond donors (Lipinski definition) is 4. The first-order valence-electron chi connectivity index (χ1n) is 3.49. The molecule has 13 heavy (non-hydrogen) atoms. The molecule has 5 N–H and O–H groups in total. The number of anilines is 1. The highest BCUT2D eigenvalue weighted by Crippen LogP contribution is 2.23. The van der Waals surface area contributed by atoms with Crippen LogP contribution in [0.15, 0.2) is 12.3 Å². The van der Waals surface area contributed by atoms with Crippen LogP contribution < -0.4 is 11.1 Å². The Morgan fingerprint density at radius 1 is 1.62 bits per heavy atom. The number of nitrogens with zero attached hydrogens (tertiary/aromatic N) is 1. The molecular formula is C7H9N3O3. The molecule has 6 heteroatoms. The van der Waals surface area contributed by atoms with E-state index < -0.39 is 5.91 Å². The van der Waals surface area contributed by atoms with Crippen molar-refractivity contribution in [1.82, 2.24) is 4.98 Å². The summed E-state index contributed by atoms with van der Waals surface area (Å²) in [7, 11) is 0. The number of carbonyl (C=O) groups excluding carboxylic acids is 1. The normalized spacial score (nSPS) is 9.54. The maximum Gasteiger partial charge on any atom is 0.236 e. The first kappa shape index (κ1) is 9.11. The van der Waals surface area contributed by atoms with Gasteiger partial charge < -0.3 is 21.3 Å². The van der Waals surface area contributed by atoms with Gasteiger partial charge >= 0.3 is 0 Å². The van der Waals surface area contributed by atoms with E-state index in [0.717, 1.165) is 12.3 Å². The summed E-state index contributed by atoms with van der Waals surface area (Å²) in [6.45, 7) is -0.120. The molecule has 0 fully saturated rings. The molecule has 0 saturated heterocycles. The molecule has 1 rings (SSSR count). The second-order valence-electron chi connectivity index (χ2n) is 2.38. The number of nitrogens with two attached hydrogens (primary N) is 1. The minimum absolute atomic E-state index is 0.108. The maximum atomic E-state index is 10.4. The first-order valence-corrected chi connectivity index (χ1v) is 3.49. The van der Waals surface area contributed by atoms with Crippen molar-refractivity contribution in [2.45, 2.75) is 0 Å². The molecule has 0 spiro atoms. The summed E-state index contributed by atoms with van der Waals surface area (Å²) < 4.78 is 0. The minimum atomic E-state index is -0.561. The predicted molar refractivity (Wildman–Crippen MR) is 45.3 cm³/mol. The summed E-state index contributed by atoms with van der Waals surface area (Å²) in [6.07, 6.45) is 1.14. The van der Waals surface area contributed by atoms with Crippen LogP contribution in [0.5, 0.6) is 11.5 Å². The summed E-state index contributed by atoms with van der Waals surface area (Å²) in [5.74, 6) is -0.839. The van der Waals surface area contributed by atoms with Crippen LogP contribution >= 0.6 is 0 Å². The molecule has 0 radical (unpaired) electrons. The highest BCUT2D eigenvalue weighted by atomic mass is 16.3. The third-order valence-electron chi connectivity index (χ3n) is 1.28. The van der Waals surface area contributed by atoms with Crippen LogP contribution in [0.25, 0.3) is 0 Å². The molecule has 0 saturated carbocycles. The molecule has 1 aromatic heterocycles. The molecule has 0 aliphatic carbocycles. The Morgan fingerprint density at radius 3 is 2.85 bits per heavy atom. The zero-order chi connectivity index (χ0) is 9.84. The third kappa shape index (κ3) is 2.51. The Labute approximate surface area is 74.0 Å². The Hall–Kier alpha value is -1.98. The number of amides is 1. The fourth-order valence-corrected chi connectivity index (χ4v) is 0.750. The fourth-order valence-electron chi connectivity index (χ4n) is 0.750. The lowest BCUT2D eigenvalue weighted by atomic mass is 10.4. The number of hydrogen-bond acceptors (Lipinski definition) is 5. The third-order valence-corrected chi connectivity index (χ3v) is 1.28. The average molecular weight is 183 g/mol. The maximum absolute atomic E-state index is 10.4. The van der Waals surface area contributed by atoms with E-state index in [1.54, 1.807) is 0 Å². The minimum Gasteiger partial charge on any atom is -0.506 e. The van der Waals surface area contributed by atoms with Gasteiger partial charge in [0.15, 0.2) is 11.6 Å². The van der Waals surface area contributed by atoms with Crippen molar-refractivity contribution < 1.29 is 15.0 Å². The van der Waals surface area contributed by atoms with Crippen molar-refractivity contribution in [2.24, 2.45) is 5.73 Å². The number of pyridine rings is 1. The molecule has 70 valence electrons. The smallest absolute Gasteiger partial charge is 0.236 e. The van der Waals surface area contributed by atoms with E-state index in [-0.39, 0.29) is 23.9 Å². The molecule has 0 aliphatic rings. The number of rotatable bonds is 3. The van der Waals surface area contributed by atoms with Crippen LogP contribution in [0.1, 0.15) is 0 Å². The van der Waals surface area contributed by atoms with Gasteiger partial charge in [0.1, 0.15) is 5.75 Å². The summed E-state index contributed by atoms with van der Waals surface area (Å²) in [5, 5.41) is 20.5. The van der Waals surface area contributed by atoms with Gasteiger partial charge in [-0.25, -0.2) is 4.98 Å². The van der Waals surface area contributed by atoms with Crippen LogP contribution in [-0.4, -0.2) is 27.6 Å². The first-order chi connectivity index (χ1) is 6.09. The van der Waals surface area contributed by atoms with Crippen LogP contribution in [0.2, 0.25) is 0 Å². The van der Waals surface area contributed by atoms with Crippen molar-refractivity contribution in [3.8, 4) is 11.5 Å². The Morgan fingerprint density at radius 2 is 2.31 bits per heavy atom. The van der Waals surface area contributed by atoms with Crippen molar-refractivity contribution in [2.75, 3.05) is 11.9 Å². The molecule has 0 unspecified atom stereocenters. The summed E-state index contributed by atoms with van der Waals surface area (Å²) in [5.41, 5.74) is 4.86. The SMILES string of the molecule is NC(=O)CNc1ncc(O)cc1O. The lowest BCUT2D eigenvalue weighted by Gasteiger charge is -2.04. The van der Waals surface area contributed by atoms with Gasteiger partial charge in [-0.15, -0.1) is 0 Å². The van der Waals surface area contributed by atoms with E-state index in [0.29, 0.717) is 0 Å². The van der Waals surface area contributed by atoms with Gasteiger partial charge in [-0.1, -0.05) is 0 Å². The second-order valence-corrected chi connectivity index (χ2v) is 2.38. The Balaban J connectivity index is 2.72. The number of carbonyl (C=O) groups is 1. The largest absolute Gasteiger partial charge is 0.506 e. The summed E-state index contributed by atoms with van der Waals surface area (Å²) in [4.78, 5) is 14.0. The van der Waals surface area contributed by atoms with Crippen molar-refractivity contribution in [3.05, 3.63) is 12.3 Å². The number of aromatic nitrogens is 1. The van der Waals surface area contributed by atoms with Crippen molar-refractivity contribution >= 4 is 11.7 Å². The van der Waals surface area contributed by atoms with Crippen molar-refractivity contribution in [1.29, 1.82) is 0 Å². The van der Waals surface area contributed by atoms with Gasteiger partial charge in [-0.05, 0) is 0 Å². The lowest BCUT2D eigenvalue weighted by Crippen LogP contribution is -2.22. The van der Waals surface area contributed by atoms with Gasteiger partial charge in [-0.2, -0.15) is 0 Å². The molecule has 1 heterocycles. The molecular weight excluding hydrogens is 174 g/mol. The fraction of sp³-hybridized carbons (Fsp3) is 0.143. The lowest BCUT2D eigenvalue weighted by molar-refractivity contribution is -0.116. The zero-order valence-electron chi connectivity index (χ0n) is 6.69. The molecule has 0 atom stereocenters. The molecule has 0 aromatic carbocycles. The number of aromatic hydroxyl groups is 2. The quantitative estimate of drug-likeness (QED) is 0.500. The van der Waals surface area contributed by atoms with Gasteiger partial charge in [-0.3, -0.25) is 4.79 Å². The van der Waals surface area contributed by atoms with E-state index in [9.17, 15) is 4.79 Å². The monoisotopic (exact) mass is 183 g/mol. The van der Waals surface area contributed by atoms with E-state index in [1.807, 2.05) is 0 Å². The number of nitrogens with one attached hydrogen (secondary N) is 1. The van der Waals surface area contributed by atoms with Crippen molar-refractivity contribution in [3.63, 3.8) is 0 Å².